The fourth-order valence-corrected chi connectivity index (χ4v) is 4.69. The van der Waals surface area contributed by atoms with Gasteiger partial charge in [0.1, 0.15) is 0 Å². The van der Waals surface area contributed by atoms with Gasteiger partial charge < -0.3 is 14.1 Å². The molecule has 0 amide bonds. The van der Waals surface area contributed by atoms with Crippen LogP contribution >= 0.6 is 9.58 Å². The molecule has 3 heterocycles. The van der Waals surface area contributed by atoms with Crippen LogP contribution in [-0.2, 0) is 32.0 Å². The van der Waals surface area contributed by atoms with E-state index in [1.54, 1.807) is 6.20 Å². The van der Waals surface area contributed by atoms with Gasteiger partial charge in [0.25, 0.3) is 0 Å². The Kier molecular flexibility index (Phi) is 9.05. The molecule has 7 rings (SSSR count). The standard InChI is InChI=1S/C22H17N4.C12H10N.ClH.Ir/c1-25-19-12-5-3-10-17(19)23-21(25)15-8-7-9-16(14-15)22-24-18-11-4-6-13-20(18)26(22)2;1-10-5-7-11(8-6-10)12-4-2-3-9-13-12;;/h3-13H,1-2H3;2-7,9H,1H3;1H;/q2*-1;;+3/p-1. The van der Waals surface area contributed by atoms with Crippen LogP contribution in [0.1, 0.15) is 5.56 Å². The van der Waals surface area contributed by atoms with Crippen molar-refractivity contribution in [2.45, 2.75) is 6.92 Å². The summed E-state index contributed by atoms with van der Waals surface area (Å²) in [5, 5.41) is 0. The van der Waals surface area contributed by atoms with Gasteiger partial charge in [-0.15, -0.1) is 59.7 Å². The number of hydrogen-bond acceptors (Lipinski definition) is 3. The van der Waals surface area contributed by atoms with Gasteiger partial charge in [0.05, 0.1) is 33.7 Å². The van der Waals surface area contributed by atoms with Crippen LogP contribution in [0.15, 0.2) is 109 Å². The molecule has 0 fully saturated rings. The summed E-state index contributed by atoms with van der Waals surface area (Å²) in [7, 11) is 8.72. The van der Waals surface area contributed by atoms with Gasteiger partial charge in [0.2, 0.25) is 0 Å². The maximum absolute atomic E-state index is 4.79. The summed E-state index contributed by atoms with van der Waals surface area (Å²) in [6, 6.07) is 41.1. The van der Waals surface area contributed by atoms with E-state index in [0.717, 1.165) is 56.1 Å². The van der Waals surface area contributed by atoms with Crippen LogP contribution in [-0.4, -0.2) is 24.1 Å². The molecule has 0 saturated heterocycles. The van der Waals surface area contributed by atoms with E-state index in [9.17, 15) is 0 Å². The zero-order valence-electron chi connectivity index (χ0n) is 22.8. The zero-order chi connectivity index (χ0) is 28.8. The average Bonchev–Trinajstić information content (AvgIpc) is 3.56. The van der Waals surface area contributed by atoms with E-state index in [2.05, 4.69) is 61.0 Å². The van der Waals surface area contributed by atoms with Gasteiger partial charge in [-0.05, 0) is 36.0 Å². The van der Waals surface area contributed by atoms with Crippen molar-refractivity contribution in [3.05, 3.63) is 127 Å². The van der Waals surface area contributed by atoms with Gasteiger partial charge in [0, 0.05) is 20.3 Å². The van der Waals surface area contributed by atoms with Crippen LogP contribution in [0.4, 0.5) is 0 Å². The molecule has 0 saturated carbocycles. The van der Waals surface area contributed by atoms with E-state index >= 15 is 0 Å². The quantitative estimate of drug-likeness (QED) is 0.173. The predicted molar refractivity (Wildman–Crippen MR) is 164 cm³/mol. The van der Waals surface area contributed by atoms with E-state index in [-0.39, 0.29) is 0 Å². The fraction of sp³-hybridized carbons (Fsp3) is 0.0882. The number of pyridine rings is 1. The molecule has 7 heteroatoms. The van der Waals surface area contributed by atoms with E-state index in [1.807, 2.05) is 99.0 Å². The van der Waals surface area contributed by atoms with Gasteiger partial charge in [-0.2, -0.15) is 0 Å². The number of nitrogens with zero attached hydrogens (tertiary/aromatic N) is 5. The molecule has 204 valence electrons. The first-order chi connectivity index (χ1) is 20.1. The monoisotopic (exact) mass is 733 g/mol. The number of imidazole rings is 2. The molecule has 0 radical (unpaired) electrons. The molecule has 0 spiro atoms. The van der Waals surface area contributed by atoms with E-state index in [4.69, 9.17) is 9.97 Å². The van der Waals surface area contributed by atoms with Crippen LogP contribution in [0, 0.1) is 19.1 Å². The number of benzene rings is 4. The summed E-state index contributed by atoms with van der Waals surface area (Å²) in [5.74, 6) is 1.82. The number of para-hydroxylation sites is 4. The van der Waals surface area contributed by atoms with Crippen LogP contribution in [0.5, 0.6) is 0 Å². The SMILES string of the molecule is Cc1c[c-]c(-c2ccccn2)cc1.Cn1c(-c2[c-]c(-c3nc4ccccc4n3C)ccc2)nc2ccccc21.[Cl][Ir+2]. The maximum atomic E-state index is 4.79. The molecule has 0 aliphatic heterocycles. The van der Waals surface area contributed by atoms with Gasteiger partial charge >= 0.3 is 27.5 Å². The number of hydrogen-bond donors (Lipinski definition) is 0. The third-order valence-electron chi connectivity index (χ3n) is 6.76. The Morgan fingerprint density at radius 2 is 1.20 bits per heavy atom. The van der Waals surface area contributed by atoms with Crippen molar-refractivity contribution >= 4 is 31.7 Å². The summed E-state index contributed by atoms with van der Waals surface area (Å²) in [5.41, 5.74) is 9.39. The van der Waals surface area contributed by atoms with Crippen LogP contribution in [0.25, 0.3) is 56.1 Å². The van der Waals surface area contributed by atoms with Crippen molar-refractivity contribution in [1.82, 2.24) is 24.1 Å². The van der Waals surface area contributed by atoms with Gasteiger partial charge in [-0.1, -0.05) is 54.4 Å². The van der Waals surface area contributed by atoms with Gasteiger partial charge in [-0.25, -0.2) is 0 Å². The molecule has 0 N–H and O–H groups in total. The molecule has 0 aliphatic rings. The number of aryl methyl sites for hydroxylation is 3. The number of fused-ring (bicyclic) bond motifs is 2. The molecular weight excluding hydrogens is 706 g/mol. The minimum atomic E-state index is 0.909. The zero-order valence-corrected chi connectivity index (χ0v) is 26.0. The third kappa shape index (κ3) is 6.15. The van der Waals surface area contributed by atoms with Crippen molar-refractivity contribution in [2.75, 3.05) is 0 Å². The molecular formula is C34H27ClIrN5. The Bertz CT molecular complexity index is 1800. The van der Waals surface area contributed by atoms with Crippen LogP contribution in [0.2, 0.25) is 0 Å². The Morgan fingerprint density at radius 3 is 1.68 bits per heavy atom. The molecule has 0 unspecified atom stereocenters. The first-order valence-electron chi connectivity index (χ1n) is 13.0. The number of halogens is 1. The van der Waals surface area contributed by atoms with Crippen molar-refractivity contribution in [3.63, 3.8) is 0 Å². The molecule has 41 heavy (non-hydrogen) atoms. The molecule has 3 aromatic heterocycles. The Labute approximate surface area is 254 Å². The average molecular weight is 733 g/mol. The second-order valence-corrected chi connectivity index (χ2v) is 9.44. The van der Waals surface area contributed by atoms with Crippen molar-refractivity contribution in [3.8, 4) is 34.0 Å². The Balaban J connectivity index is 0.000000189. The molecule has 0 bridgehead atoms. The van der Waals surface area contributed by atoms with Crippen LogP contribution in [0.3, 0.4) is 0 Å². The Morgan fingerprint density at radius 1 is 0.634 bits per heavy atom. The van der Waals surface area contributed by atoms with E-state index in [1.165, 1.54) is 23.5 Å². The Hall–Kier alpha value is -4.09. The predicted octanol–water partition coefficient (Wildman–Crippen LogP) is 8.14. The second-order valence-electron chi connectivity index (χ2n) is 9.44. The number of aromatic nitrogens is 5. The first kappa shape index (κ1) is 28.4. The minimum absolute atomic E-state index is 0.909. The topological polar surface area (TPSA) is 48.5 Å². The van der Waals surface area contributed by atoms with Crippen LogP contribution < -0.4 is 0 Å². The van der Waals surface area contributed by atoms with E-state index < -0.39 is 0 Å². The molecule has 7 aromatic rings. The summed E-state index contributed by atoms with van der Waals surface area (Å²) >= 11 is 1.47. The third-order valence-corrected chi connectivity index (χ3v) is 6.76. The number of rotatable bonds is 3. The fourth-order valence-electron chi connectivity index (χ4n) is 4.69. The van der Waals surface area contributed by atoms with Crippen molar-refractivity contribution < 1.29 is 17.9 Å². The second kappa shape index (κ2) is 13.0. The van der Waals surface area contributed by atoms with Crippen molar-refractivity contribution in [1.29, 1.82) is 0 Å². The summed E-state index contributed by atoms with van der Waals surface area (Å²) in [4.78, 5) is 13.8. The van der Waals surface area contributed by atoms with Gasteiger partial charge in [-0.3, -0.25) is 9.97 Å². The summed E-state index contributed by atoms with van der Waals surface area (Å²) in [6.45, 7) is 2.05. The summed E-state index contributed by atoms with van der Waals surface area (Å²) < 4.78 is 4.22. The normalized spacial score (nSPS) is 10.6. The first-order valence-corrected chi connectivity index (χ1v) is 15.9. The van der Waals surface area contributed by atoms with E-state index in [0.29, 0.717) is 0 Å². The van der Waals surface area contributed by atoms with Crippen molar-refractivity contribution in [2.24, 2.45) is 14.1 Å². The molecule has 0 aliphatic carbocycles. The molecule has 4 aromatic carbocycles. The summed E-state index contributed by atoms with van der Waals surface area (Å²) in [6.07, 6.45) is 1.79. The van der Waals surface area contributed by atoms with Gasteiger partial charge in [0.15, 0.2) is 0 Å². The molecule has 5 nitrogen and oxygen atoms in total. The molecule has 0 atom stereocenters.